The zero-order chi connectivity index (χ0) is 19.5. The Kier molecular flexibility index (Phi) is 9.15. The number of guanidine groups is 1. The average molecular weight is 389 g/mol. The number of anilines is 1. The summed E-state index contributed by atoms with van der Waals surface area (Å²) in [5, 5.41) is 10.2. The summed E-state index contributed by atoms with van der Waals surface area (Å²) in [5.74, 6) is 0.862. The number of aryl methyl sites for hydroxylation is 1. The van der Waals surface area contributed by atoms with Crippen molar-refractivity contribution in [1.82, 2.24) is 10.6 Å². The lowest BCUT2D eigenvalue weighted by Crippen LogP contribution is -2.43. The lowest BCUT2D eigenvalue weighted by atomic mass is 10.2. The SMILES string of the molecule is CCNC(=NCc1ccc(NCCOC)cc1)NC(C)Cc1ccc(C)s1. The fourth-order valence-corrected chi connectivity index (χ4v) is 3.72. The molecule has 0 aliphatic carbocycles. The van der Waals surface area contributed by atoms with Crippen LogP contribution in [0.4, 0.5) is 5.69 Å². The van der Waals surface area contributed by atoms with E-state index in [1.54, 1.807) is 7.11 Å². The summed E-state index contributed by atoms with van der Waals surface area (Å²) in [7, 11) is 1.71. The van der Waals surface area contributed by atoms with E-state index in [0.29, 0.717) is 19.2 Å². The number of rotatable bonds is 10. The topological polar surface area (TPSA) is 57.7 Å². The van der Waals surface area contributed by atoms with Crippen molar-refractivity contribution in [2.75, 3.05) is 32.1 Å². The molecule has 1 aromatic heterocycles. The van der Waals surface area contributed by atoms with Gasteiger partial charge in [-0.25, -0.2) is 4.99 Å². The van der Waals surface area contributed by atoms with Crippen LogP contribution in [0.5, 0.6) is 0 Å². The third-order valence-corrected chi connectivity index (χ3v) is 5.06. The summed E-state index contributed by atoms with van der Waals surface area (Å²) in [6.07, 6.45) is 1.00. The number of thiophene rings is 1. The third-order valence-electron chi connectivity index (χ3n) is 4.04. The van der Waals surface area contributed by atoms with Gasteiger partial charge in [-0.05, 0) is 50.6 Å². The van der Waals surface area contributed by atoms with Crippen LogP contribution in [-0.4, -0.2) is 38.8 Å². The molecule has 6 heteroatoms. The Morgan fingerprint density at radius 2 is 1.96 bits per heavy atom. The number of nitrogens with one attached hydrogen (secondary N) is 3. The lowest BCUT2D eigenvalue weighted by Gasteiger charge is -2.17. The monoisotopic (exact) mass is 388 g/mol. The first-order chi connectivity index (χ1) is 13.1. The van der Waals surface area contributed by atoms with E-state index in [0.717, 1.165) is 31.2 Å². The van der Waals surface area contributed by atoms with E-state index in [1.807, 2.05) is 11.3 Å². The molecule has 5 nitrogen and oxygen atoms in total. The molecule has 1 aromatic carbocycles. The Bertz CT molecular complexity index is 696. The van der Waals surface area contributed by atoms with Crippen LogP contribution in [0.15, 0.2) is 41.4 Å². The predicted molar refractivity (Wildman–Crippen MR) is 117 cm³/mol. The van der Waals surface area contributed by atoms with Gasteiger partial charge in [-0.1, -0.05) is 12.1 Å². The molecule has 0 amide bonds. The molecule has 1 unspecified atom stereocenters. The largest absolute Gasteiger partial charge is 0.383 e. The molecule has 0 saturated carbocycles. The number of aliphatic imine (C=N–C) groups is 1. The zero-order valence-corrected chi connectivity index (χ0v) is 17.7. The Morgan fingerprint density at radius 1 is 1.19 bits per heavy atom. The van der Waals surface area contributed by atoms with Crippen molar-refractivity contribution in [2.45, 2.75) is 39.8 Å². The molecule has 2 aromatic rings. The van der Waals surface area contributed by atoms with Gasteiger partial charge < -0.3 is 20.7 Å². The van der Waals surface area contributed by atoms with Crippen LogP contribution >= 0.6 is 11.3 Å². The molecule has 2 rings (SSSR count). The number of hydrogen-bond donors (Lipinski definition) is 3. The summed E-state index contributed by atoms with van der Waals surface area (Å²) in [5.41, 5.74) is 2.29. The van der Waals surface area contributed by atoms with Gasteiger partial charge in [0, 0.05) is 48.1 Å². The molecule has 0 bridgehead atoms. The van der Waals surface area contributed by atoms with Gasteiger partial charge in [0.25, 0.3) is 0 Å². The van der Waals surface area contributed by atoms with E-state index in [1.165, 1.54) is 15.3 Å². The van der Waals surface area contributed by atoms with Gasteiger partial charge in [-0.3, -0.25) is 0 Å². The zero-order valence-electron chi connectivity index (χ0n) is 16.8. The van der Waals surface area contributed by atoms with E-state index in [4.69, 9.17) is 9.73 Å². The minimum atomic E-state index is 0.327. The van der Waals surface area contributed by atoms with Crippen molar-refractivity contribution in [1.29, 1.82) is 0 Å². The van der Waals surface area contributed by atoms with Crippen LogP contribution in [0.25, 0.3) is 0 Å². The predicted octanol–water partition coefficient (Wildman–Crippen LogP) is 3.80. The molecule has 148 valence electrons. The number of methoxy groups -OCH3 is 1. The molecule has 0 saturated heterocycles. The van der Waals surface area contributed by atoms with Crippen molar-refractivity contribution in [3.8, 4) is 0 Å². The highest BCUT2D eigenvalue weighted by Gasteiger charge is 2.08. The van der Waals surface area contributed by atoms with Crippen LogP contribution < -0.4 is 16.0 Å². The minimum absolute atomic E-state index is 0.327. The summed E-state index contributed by atoms with van der Waals surface area (Å²) in [4.78, 5) is 7.49. The summed E-state index contributed by atoms with van der Waals surface area (Å²) in [6, 6.07) is 13.1. The highest BCUT2D eigenvalue weighted by molar-refractivity contribution is 7.11. The second kappa shape index (κ2) is 11.6. The van der Waals surface area contributed by atoms with Crippen molar-refractivity contribution < 1.29 is 4.74 Å². The first-order valence-corrected chi connectivity index (χ1v) is 10.3. The van der Waals surface area contributed by atoms with E-state index in [2.05, 4.69) is 73.1 Å². The maximum Gasteiger partial charge on any atom is 0.191 e. The van der Waals surface area contributed by atoms with Crippen LogP contribution in [0.3, 0.4) is 0 Å². The third kappa shape index (κ3) is 8.01. The quantitative estimate of drug-likeness (QED) is 0.329. The maximum atomic E-state index is 5.05. The number of hydrogen-bond acceptors (Lipinski definition) is 4. The van der Waals surface area contributed by atoms with Crippen molar-refractivity contribution in [2.24, 2.45) is 4.99 Å². The Balaban J connectivity index is 1.88. The number of benzene rings is 1. The number of nitrogens with zero attached hydrogens (tertiary/aromatic N) is 1. The van der Waals surface area contributed by atoms with Crippen molar-refractivity contribution in [3.63, 3.8) is 0 Å². The van der Waals surface area contributed by atoms with E-state index in [-0.39, 0.29) is 0 Å². The highest BCUT2D eigenvalue weighted by atomic mass is 32.1. The van der Waals surface area contributed by atoms with Gasteiger partial charge in [0.1, 0.15) is 0 Å². The molecule has 3 N–H and O–H groups in total. The van der Waals surface area contributed by atoms with Gasteiger partial charge >= 0.3 is 0 Å². The first kappa shape index (κ1) is 21.3. The fourth-order valence-electron chi connectivity index (χ4n) is 2.70. The van der Waals surface area contributed by atoms with Gasteiger partial charge in [0.2, 0.25) is 0 Å². The fraction of sp³-hybridized carbons (Fsp3) is 0.476. The lowest BCUT2D eigenvalue weighted by molar-refractivity contribution is 0.211. The number of ether oxygens (including phenoxy) is 1. The van der Waals surface area contributed by atoms with Crippen LogP contribution in [0.1, 0.15) is 29.2 Å². The second-order valence-corrected chi connectivity index (χ2v) is 7.95. The van der Waals surface area contributed by atoms with E-state index < -0.39 is 0 Å². The summed E-state index contributed by atoms with van der Waals surface area (Å²) >= 11 is 1.86. The molecule has 0 radical (unpaired) electrons. The Hall–Kier alpha value is -2.05. The second-order valence-electron chi connectivity index (χ2n) is 6.57. The molecule has 0 aliphatic heterocycles. The molecular weight excluding hydrogens is 356 g/mol. The molecule has 0 spiro atoms. The molecule has 1 heterocycles. The van der Waals surface area contributed by atoms with Crippen LogP contribution in [0.2, 0.25) is 0 Å². The smallest absolute Gasteiger partial charge is 0.191 e. The average Bonchev–Trinajstić information content (AvgIpc) is 3.06. The minimum Gasteiger partial charge on any atom is -0.383 e. The first-order valence-electron chi connectivity index (χ1n) is 9.52. The standard InChI is InChI=1S/C21H32N4OS/c1-5-22-21(25-16(2)14-20-11-6-17(3)27-20)24-15-18-7-9-19(10-8-18)23-12-13-26-4/h6-11,16,23H,5,12-15H2,1-4H3,(H2,22,24,25). The Morgan fingerprint density at radius 3 is 2.59 bits per heavy atom. The van der Waals surface area contributed by atoms with E-state index >= 15 is 0 Å². The highest BCUT2D eigenvalue weighted by Crippen LogP contribution is 2.16. The van der Waals surface area contributed by atoms with Gasteiger partial charge in [0.15, 0.2) is 5.96 Å². The van der Waals surface area contributed by atoms with Crippen molar-refractivity contribution in [3.05, 3.63) is 51.7 Å². The van der Waals surface area contributed by atoms with Crippen LogP contribution in [0, 0.1) is 6.92 Å². The van der Waals surface area contributed by atoms with Gasteiger partial charge in [-0.15, -0.1) is 11.3 Å². The summed E-state index contributed by atoms with van der Waals surface area (Å²) < 4.78 is 5.05. The molecular formula is C21H32N4OS. The molecule has 0 fully saturated rings. The molecule has 1 atom stereocenters. The van der Waals surface area contributed by atoms with Crippen LogP contribution in [-0.2, 0) is 17.7 Å². The Labute approximate surface area is 167 Å². The normalized spacial score (nSPS) is 12.7. The van der Waals surface area contributed by atoms with Gasteiger partial charge in [-0.2, -0.15) is 0 Å². The molecule has 0 aliphatic rings. The van der Waals surface area contributed by atoms with E-state index in [9.17, 15) is 0 Å². The van der Waals surface area contributed by atoms with Crippen molar-refractivity contribution >= 4 is 23.0 Å². The maximum absolute atomic E-state index is 5.05. The van der Waals surface area contributed by atoms with Gasteiger partial charge in [0.05, 0.1) is 13.2 Å². The molecule has 27 heavy (non-hydrogen) atoms. The summed E-state index contributed by atoms with van der Waals surface area (Å²) in [6.45, 7) is 9.44.